The summed E-state index contributed by atoms with van der Waals surface area (Å²) in [5.41, 5.74) is 2.26. The van der Waals surface area contributed by atoms with Gasteiger partial charge in [-0.2, -0.15) is 0 Å². The molecule has 2 heterocycles. The zero-order chi connectivity index (χ0) is 14.8. The number of nitrogens with zero attached hydrogens (tertiary/aromatic N) is 1. The van der Waals surface area contributed by atoms with Crippen molar-refractivity contribution in [1.29, 1.82) is 0 Å². The summed E-state index contributed by atoms with van der Waals surface area (Å²) < 4.78 is 5.86. The Balaban J connectivity index is 1.73. The fourth-order valence-corrected chi connectivity index (χ4v) is 2.83. The minimum Gasteiger partial charge on any atom is -0.480 e. The largest absolute Gasteiger partial charge is 0.480 e. The highest BCUT2D eigenvalue weighted by atomic mass is 16.4. The lowest BCUT2D eigenvalue weighted by Gasteiger charge is -2.19. The van der Waals surface area contributed by atoms with Crippen molar-refractivity contribution in [3.8, 4) is 11.3 Å². The zero-order valence-corrected chi connectivity index (χ0v) is 12.1. The van der Waals surface area contributed by atoms with Crippen molar-refractivity contribution in [1.82, 2.24) is 4.90 Å². The van der Waals surface area contributed by atoms with Gasteiger partial charge in [-0.05, 0) is 38.4 Å². The van der Waals surface area contributed by atoms with Crippen LogP contribution in [0.4, 0.5) is 0 Å². The number of hydrogen-bond donors (Lipinski definition) is 1. The van der Waals surface area contributed by atoms with Gasteiger partial charge in [-0.1, -0.05) is 29.8 Å². The summed E-state index contributed by atoms with van der Waals surface area (Å²) in [4.78, 5) is 13.2. The maximum absolute atomic E-state index is 11.2. The first-order chi connectivity index (χ1) is 10.1. The van der Waals surface area contributed by atoms with E-state index in [4.69, 9.17) is 4.42 Å². The Morgan fingerprint density at radius 3 is 2.76 bits per heavy atom. The van der Waals surface area contributed by atoms with Crippen LogP contribution in [0, 0.1) is 6.92 Å². The first kappa shape index (κ1) is 13.9. The SMILES string of the molecule is Cc1ccc(-c2ccc(CN3CCC[C@H]3C(=O)O)o2)cc1. The molecule has 2 aromatic rings. The number of rotatable bonds is 4. The van der Waals surface area contributed by atoms with Gasteiger partial charge in [0.05, 0.1) is 6.54 Å². The molecule has 0 aliphatic carbocycles. The summed E-state index contributed by atoms with van der Waals surface area (Å²) in [6.07, 6.45) is 1.66. The molecule has 1 N–H and O–H groups in total. The molecule has 4 nitrogen and oxygen atoms in total. The highest BCUT2D eigenvalue weighted by Gasteiger charge is 2.30. The minimum atomic E-state index is -0.738. The molecule has 0 saturated carbocycles. The van der Waals surface area contributed by atoms with E-state index in [2.05, 4.69) is 19.1 Å². The molecule has 110 valence electrons. The molecular weight excluding hydrogens is 266 g/mol. The topological polar surface area (TPSA) is 53.7 Å². The molecule has 3 rings (SSSR count). The van der Waals surface area contributed by atoms with Crippen LogP contribution in [0.25, 0.3) is 11.3 Å². The van der Waals surface area contributed by atoms with E-state index in [0.29, 0.717) is 6.54 Å². The van der Waals surface area contributed by atoms with Crippen molar-refractivity contribution < 1.29 is 14.3 Å². The van der Waals surface area contributed by atoms with E-state index in [1.165, 1.54) is 5.56 Å². The first-order valence-corrected chi connectivity index (χ1v) is 7.26. The van der Waals surface area contributed by atoms with E-state index in [-0.39, 0.29) is 6.04 Å². The van der Waals surface area contributed by atoms with Crippen LogP contribution in [0.3, 0.4) is 0 Å². The van der Waals surface area contributed by atoms with E-state index in [1.807, 2.05) is 29.2 Å². The average Bonchev–Trinajstić information content (AvgIpc) is 3.09. The summed E-state index contributed by atoms with van der Waals surface area (Å²) in [5, 5.41) is 9.20. The summed E-state index contributed by atoms with van der Waals surface area (Å²) in [6.45, 7) is 3.43. The van der Waals surface area contributed by atoms with E-state index in [1.54, 1.807) is 0 Å². The van der Waals surface area contributed by atoms with Gasteiger partial charge in [0.25, 0.3) is 0 Å². The highest BCUT2D eigenvalue weighted by Crippen LogP contribution is 2.25. The van der Waals surface area contributed by atoms with Crippen molar-refractivity contribution in [3.05, 3.63) is 47.7 Å². The van der Waals surface area contributed by atoms with Crippen LogP contribution in [0.5, 0.6) is 0 Å². The van der Waals surface area contributed by atoms with E-state index < -0.39 is 5.97 Å². The van der Waals surface area contributed by atoms with E-state index >= 15 is 0 Å². The molecule has 1 aromatic carbocycles. The molecule has 0 radical (unpaired) electrons. The maximum atomic E-state index is 11.2. The molecule has 1 atom stereocenters. The van der Waals surface area contributed by atoms with Gasteiger partial charge in [0.15, 0.2) is 0 Å². The molecule has 1 fully saturated rings. The van der Waals surface area contributed by atoms with Crippen molar-refractivity contribution in [2.24, 2.45) is 0 Å². The van der Waals surface area contributed by atoms with E-state index in [9.17, 15) is 9.90 Å². The van der Waals surface area contributed by atoms with Crippen LogP contribution < -0.4 is 0 Å². The van der Waals surface area contributed by atoms with Crippen LogP contribution in [0.2, 0.25) is 0 Å². The third-order valence-corrected chi connectivity index (χ3v) is 4.01. The van der Waals surface area contributed by atoms with Crippen LogP contribution >= 0.6 is 0 Å². The second-order valence-corrected chi connectivity index (χ2v) is 5.60. The van der Waals surface area contributed by atoms with Gasteiger partial charge < -0.3 is 9.52 Å². The lowest BCUT2D eigenvalue weighted by Crippen LogP contribution is -2.35. The number of aryl methyl sites for hydroxylation is 1. The predicted molar refractivity (Wildman–Crippen MR) is 79.9 cm³/mol. The molecule has 1 aromatic heterocycles. The Hall–Kier alpha value is -2.07. The van der Waals surface area contributed by atoms with Gasteiger partial charge >= 0.3 is 5.97 Å². The monoisotopic (exact) mass is 285 g/mol. The fraction of sp³-hybridized carbons (Fsp3) is 0.353. The molecule has 21 heavy (non-hydrogen) atoms. The number of furan rings is 1. The van der Waals surface area contributed by atoms with Crippen molar-refractivity contribution in [2.45, 2.75) is 32.4 Å². The Morgan fingerprint density at radius 2 is 2.05 bits per heavy atom. The van der Waals surface area contributed by atoms with Gasteiger partial charge in [0.1, 0.15) is 17.6 Å². The van der Waals surface area contributed by atoms with Crippen LogP contribution in [-0.4, -0.2) is 28.6 Å². The van der Waals surface area contributed by atoms with E-state index in [0.717, 1.165) is 36.5 Å². The number of carboxylic acid groups (broad SMARTS) is 1. The molecule has 1 saturated heterocycles. The maximum Gasteiger partial charge on any atom is 0.320 e. The number of aliphatic carboxylic acids is 1. The second kappa shape index (κ2) is 5.74. The van der Waals surface area contributed by atoms with Gasteiger partial charge in [-0.15, -0.1) is 0 Å². The van der Waals surface area contributed by atoms with Gasteiger partial charge in [0, 0.05) is 5.56 Å². The quantitative estimate of drug-likeness (QED) is 0.936. The third kappa shape index (κ3) is 3.00. The van der Waals surface area contributed by atoms with Gasteiger partial charge in [-0.3, -0.25) is 9.69 Å². The van der Waals surface area contributed by atoms with Crippen LogP contribution in [-0.2, 0) is 11.3 Å². The number of benzene rings is 1. The lowest BCUT2D eigenvalue weighted by atomic mass is 10.1. The van der Waals surface area contributed by atoms with Crippen molar-refractivity contribution >= 4 is 5.97 Å². The lowest BCUT2D eigenvalue weighted by molar-refractivity contribution is -0.142. The van der Waals surface area contributed by atoms with Gasteiger partial charge in [0.2, 0.25) is 0 Å². The number of hydrogen-bond acceptors (Lipinski definition) is 3. The molecular formula is C17H19NO3. The van der Waals surface area contributed by atoms with Crippen LogP contribution in [0.15, 0.2) is 40.8 Å². The Labute approximate surface area is 124 Å². The number of likely N-dealkylation sites (tertiary alicyclic amines) is 1. The van der Waals surface area contributed by atoms with Crippen molar-refractivity contribution in [3.63, 3.8) is 0 Å². The summed E-state index contributed by atoms with van der Waals surface area (Å²) >= 11 is 0. The molecule has 0 amide bonds. The summed E-state index contributed by atoms with van der Waals surface area (Å²) in [7, 11) is 0. The normalized spacial score (nSPS) is 19.0. The Morgan fingerprint density at radius 1 is 1.29 bits per heavy atom. The number of carbonyl (C=O) groups is 1. The standard InChI is InChI=1S/C17H19NO3/c1-12-4-6-13(7-5-12)16-9-8-14(21-16)11-18-10-2-3-15(18)17(19)20/h4-9,15H,2-3,10-11H2,1H3,(H,19,20)/t15-/m0/s1. The average molecular weight is 285 g/mol. The van der Waals surface area contributed by atoms with Gasteiger partial charge in [-0.25, -0.2) is 0 Å². The molecule has 4 heteroatoms. The fourth-order valence-electron chi connectivity index (χ4n) is 2.83. The third-order valence-electron chi connectivity index (χ3n) is 4.01. The van der Waals surface area contributed by atoms with Crippen molar-refractivity contribution in [2.75, 3.05) is 6.54 Å². The number of carboxylic acids is 1. The second-order valence-electron chi connectivity index (χ2n) is 5.60. The smallest absolute Gasteiger partial charge is 0.320 e. The minimum absolute atomic E-state index is 0.377. The predicted octanol–water partition coefficient (Wildman–Crippen LogP) is 3.30. The molecule has 0 unspecified atom stereocenters. The zero-order valence-electron chi connectivity index (χ0n) is 12.1. The molecule has 0 bridgehead atoms. The Bertz CT molecular complexity index is 630. The first-order valence-electron chi connectivity index (χ1n) is 7.26. The molecule has 1 aliphatic heterocycles. The molecule has 0 spiro atoms. The molecule has 1 aliphatic rings. The summed E-state index contributed by atoms with van der Waals surface area (Å²) in [6, 6.07) is 11.7. The Kier molecular flexibility index (Phi) is 3.80. The summed E-state index contributed by atoms with van der Waals surface area (Å²) in [5.74, 6) is 0.910. The van der Waals surface area contributed by atoms with Crippen LogP contribution in [0.1, 0.15) is 24.2 Å². The highest BCUT2D eigenvalue weighted by molar-refractivity contribution is 5.73.